The maximum atomic E-state index is 14.1. The predicted molar refractivity (Wildman–Crippen MR) is 100 cm³/mol. The molecule has 1 saturated heterocycles. The fourth-order valence-corrected chi connectivity index (χ4v) is 3.23. The molecular formula is C20H19FN4O2. The molecule has 1 aliphatic heterocycles. The lowest BCUT2D eigenvalue weighted by molar-refractivity contribution is 0.0390. The normalized spacial score (nSPS) is 17.1. The SMILES string of the molecule is Cn1c(N2CCOC(c3ccccc3)C2)nc(-c2ccncc2F)cc1=O. The van der Waals surface area contributed by atoms with Crippen molar-refractivity contribution in [2.75, 3.05) is 24.6 Å². The Morgan fingerprint density at radius 1 is 1.22 bits per heavy atom. The van der Waals surface area contributed by atoms with Crippen molar-refractivity contribution in [3.05, 3.63) is 76.6 Å². The van der Waals surface area contributed by atoms with Gasteiger partial charge in [0.05, 0.1) is 25.0 Å². The van der Waals surface area contributed by atoms with Crippen LogP contribution in [0.3, 0.4) is 0 Å². The molecule has 1 atom stereocenters. The second kappa shape index (κ2) is 7.28. The molecule has 3 heterocycles. The summed E-state index contributed by atoms with van der Waals surface area (Å²) in [5.41, 5.74) is 1.39. The number of halogens is 1. The molecule has 0 saturated carbocycles. The fraction of sp³-hybridized carbons (Fsp3) is 0.250. The Morgan fingerprint density at radius 3 is 2.81 bits per heavy atom. The van der Waals surface area contributed by atoms with E-state index in [1.807, 2.05) is 35.2 Å². The van der Waals surface area contributed by atoms with Crippen LogP contribution in [0.15, 0.2) is 59.7 Å². The number of anilines is 1. The van der Waals surface area contributed by atoms with Crippen LogP contribution in [0, 0.1) is 5.82 Å². The Morgan fingerprint density at radius 2 is 2.04 bits per heavy atom. The van der Waals surface area contributed by atoms with E-state index >= 15 is 0 Å². The molecule has 138 valence electrons. The van der Waals surface area contributed by atoms with Gasteiger partial charge in [-0.3, -0.25) is 14.3 Å². The highest BCUT2D eigenvalue weighted by atomic mass is 19.1. The first-order chi connectivity index (χ1) is 13.1. The van der Waals surface area contributed by atoms with Gasteiger partial charge in [0.2, 0.25) is 5.95 Å². The van der Waals surface area contributed by atoms with Gasteiger partial charge in [0.25, 0.3) is 5.56 Å². The minimum absolute atomic E-state index is 0.113. The topological polar surface area (TPSA) is 60.2 Å². The van der Waals surface area contributed by atoms with E-state index in [-0.39, 0.29) is 17.2 Å². The molecule has 0 spiro atoms. The Balaban J connectivity index is 1.71. The summed E-state index contributed by atoms with van der Waals surface area (Å²) >= 11 is 0. The number of nitrogens with zero attached hydrogens (tertiary/aromatic N) is 4. The van der Waals surface area contributed by atoms with Gasteiger partial charge in [0.1, 0.15) is 6.10 Å². The molecule has 27 heavy (non-hydrogen) atoms. The van der Waals surface area contributed by atoms with Crippen LogP contribution in [0.5, 0.6) is 0 Å². The molecule has 2 aromatic heterocycles. The maximum absolute atomic E-state index is 14.1. The van der Waals surface area contributed by atoms with Gasteiger partial charge in [0, 0.05) is 31.4 Å². The fourth-order valence-electron chi connectivity index (χ4n) is 3.23. The number of hydrogen-bond donors (Lipinski definition) is 0. The number of ether oxygens (including phenoxy) is 1. The molecule has 1 fully saturated rings. The Hall–Kier alpha value is -3.06. The highest BCUT2D eigenvalue weighted by Gasteiger charge is 2.25. The zero-order valence-electron chi connectivity index (χ0n) is 14.9. The van der Waals surface area contributed by atoms with Gasteiger partial charge in [-0.15, -0.1) is 0 Å². The summed E-state index contributed by atoms with van der Waals surface area (Å²) in [6.45, 7) is 1.68. The van der Waals surface area contributed by atoms with Crippen molar-refractivity contribution >= 4 is 5.95 Å². The van der Waals surface area contributed by atoms with Gasteiger partial charge in [-0.2, -0.15) is 0 Å². The standard InChI is InChI=1S/C20H19FN4O2/c1-24-19(26)11-17(15-7-8-22-12-16(15)21)23-20(24)25-9-10-27-18(13-25)14-5-3-2-4-6-14/h2-8,11-12,18H,9-10,13H2,1H3. The van der Waals surface area contributed by atoms with Crippen LogP contribution in [0.1, 0.15) is 11.7 Å². The molecule has 0 radical (unpaired) electrons. The van der Waals surface area contributed by atoms with E-state index in [2.05, 4.69) is 9.97 Å². The van der Waals surface area contributed by atoms with Gasteiger partial charge >= 0.3 is 0 Å². The quantitative estimate of drug-likeness (QED) is 0.713. The third-order valence-electron chi connectivity index (χ3n) is 4.68. The molecule has 7 heteroatoms. The Kier molecular flexibility index (Phi) is 4.68. The average molecular weight is 366 g/mol. The van der Waals surface area contributed by atoms with Crippen molar-refractivity contribution in [1.82, 2.24) is 14.5 Å². The molecule has 3 aromatic rings. The first-order valence-corrected chi connectivity index (χ1v) is 8.73. The van der Waals surface area contributed by atoms with E-state index in [0.717, 1.165) is 11.8 Å². The molecule has 1 aromatic carbocycles. The number of rotatable bonds is 3. The monoisotopic (exact) mass is 366 g/mol. The van der Waals surface area contributed by atoms with E-state index in [9.17, 15) is 9.18 Å². The second-order valence-electron chi connectivity index (χ2n) is 6.41. The Labute approximate surface area is 155 Å². The van der Waals surface area contributed by atoms with Crippen LogP contribution in [0.25, 0.3) is 11.3 Å². The van der Waals surface area contributed by atoms with Gasteiger partial charge in [-0.05, 0) is 11.6 Å². The molecule has 6 nitrogen and oxygen atoms in total. The first-order valence-electron chi connectivity index (χ1n) is 8.73. The third-order valence-corrected chi connectivity index (χ3v) is 4.68. The van der Waals surface area contributed by atoms with E-state index < -0.39 is 5.82 Å². The summed E-state index contributed by atoms with van der Waals surface area (Å²) in [6.07, 6.45) is 2.49. The van der Waals surface area contributed by atoms with Gasteiger partial charge in [-0.1, -0.05) is 30.3 Å². The zero-order chi connectivity index (χ0) is 18.8. The number of pyridine rings is 1. The van der Waals surface area contributed by atoms with Gasteiger partial charge in [-0.25, -0.2) is 9.37 Å². The summed E-state index contributed by atoms with van der Waals surface area (Å²) in [7, 11) is 1.67. The molecule has 0 bridgehead atoms. The van der Waals surface area contributed by atoms with Crippen LogP contribution in [0.2, 0.25) is 0 Å². The van der Waals surface area contributed by atoms with Crippen molar-refractivity contribution in [2.24, 2.45) is 7.05 Å². The van der Waals surface area contributed by atoms with Crippen LogP contribution in [-0.4, -0.2) is 34.2 Å². The van der Waals surface area contributed by atoms with Crippen molar-refractivity contribution in [1.29, 1.82) is 0 Å². The molecule has 0 aliphatic carbocycles. The van der Waals surface area contributed by atoms with Crippen molar-refractivity contribution in [3.63, 3.8) is 0 Å². The number of morpholine rings is 1. The lowest BCUT2D eigenvalue weighted by atomic mass is 10.1. The molecule has 1 unspecified atom stereocenters. The molecule has 4 rings (SSSR count). The summed E-state index contributed by atoms with van der Waals surface area (Å²) in [6, 6.07) is 12.8. The van der Waals surface area contributed by atoms with Crippen LogP contribution >= 0.6 is 0 Å². The molecular weight excluding hydrogens is 347 g/mol. The minimum atomic E-state index is -0.506. The van der Waals surface area contributed by atoms with Crippen molar-refractivity contribution in [2.45, 2.75) is 6.10 Å². The Bertz CT molecular complexity index is 1010. The molecule has 0 amide bonds. The number of aromatic nitrogens is 3. The number of hydrogen-bond acceptors (Lipinski definition) is 5. The lowest BCUT2D eigenvalue weighted by Gasteiger charge is -2.34. The highest BCUT2D eigenvalue weighted by molar-refractivity contribution is 5.60. The summed E-state index contributed by atoms with van der Waals surface area (Å²) in [5, 5.41) is 0. The molecule has 1 aliphatic rings. The summed E-state index contributed by atoms with van der Waals surface area (Å²) in [4.78, 5) is 22.8. The van der Waals surface area contributed by atoms with E-state index in [0.29, 0.717) is 31.3 Å². The van der Waals surface area contributed by atoms with Crippen LogP contribution in [-0.2, 0) is 11.8 Å². The largest absolute Gasteiger partial charge is 0.370 e. The van der Waals surface area contributed by atoms with Gasteiger partial charge in [0.15, 0.2) is 5.82 Å². The first kappa shape index (κ1) is 17.4. The maximum Gasteiger partial charge on any atom is 0.255 e. The van der Waals surface area contributed by atoms with E-state index in [4.69, 9.17) is 4.74 Å². The van der Waals surface area contributed by atoms with E-state index in [1.165, 1.54) is 22.9 Å². The van der Waals surface area contributed by atoms with Crippen LogP contribution < -0.4 is 10.5 Å². The van der Waals surface area contributed by atoms with Crippen LogP contribution in [0.4, 0.5) is 10.3 Å². The minimum Gasteiger partial charge on any atom is -0.370 e. The highest BCUT2D eigenvalue weighted by Crippen LogP contribution is 2.26. The van der Waals surface area contributed by atoms with Crippen molar-refractivity contribution < 1.29 is 9.13 Å². The smallest absolute Gasteiger partial charge is 0.255 e. The van der Waals surface area contributed by atoms with Crippen molar-refractivity contribution in [3.8, 4) is 11.3 Å². The predicted octanol–water partition coefficient (Wildman–Crippen LogP) is 2.56. The van der Waals surface area contributed by atoms with Gasteiger partial charge < -0.3 is 9.64 Å². The third kappa shape index (κ3) is 3.46. The second-order valence-corrected chi connectivity index (χ2v) is 6.41. The number of benzene rings is 1. The summed E-state index contributed by atoms with van der Waals surface area (Å²) in [5.74, 6) is -0.00807. The average Bonchev–Trinajstić information content (AvgIpc) is 2.71. The van der Waals surface area contributed by atoms with E-state index in [1.54, 1.807) is 7.05 Å². The summed E-state index contributed by atoms with van der Waals surface area (Å²) < 4.78 is 21.5. The lowest BCUT2D eigenvalue weighted by Crippen LogP contribution is -2.41. The zero-order valence-corrected chi connectivity index (χ0v) is 14.9. The molecule has 0 N–H and O–H groups in total.